The second-order valence-corrected chi connectivity index (χ2v) is 4.74. The highest BCUT2D eigenvalue weighted by Crippen LogP contribution is 2.31. The van der Waals surface area contributed by atoms with Crippen LogP contribution in [0.4, 0.5) is 0 Å². The maximum absolute atomic E-state index is 11.5. The van der Waals surface area contributed by atoms with Gasteiger partial charge in [-0.1, -0.05) is 0 Å². The lowest BCUT2D eigenvalue weighted by Gasteiger charge is -2.11. The zero-order valence-corrected chi connectivity index (χ0v) is 12.8. The maximum atomic E-state index is 11.5. The molecule has 0 spiro atoms. The van der Waals surface area contributed by atoms with Gasteiger partial charge in [0.05, 0.1) is 19.2 Å². The van der Waals surface area contributed by atoms with E-state index in [0.717, 1.165) is 27.7 Å². The van der Waals surface area contributed by atoms with Crippen molar-refractivity contribution in [2.75, 3.05) is 13.7 Å². The lowest BCUT2D eigenvalue weighted by molar-refractivity contribution is -0.137. The molecule has 1 aromatic heterocycles. The summed E-state index contributed by atoms with van der Waals surface area (Å²) < 4.78 is 10.3. The first-order valence-corrected chi connectivity index (χ1v) is 6.86. The molecule has 0 radical (unpaired) electrons. The van der Waals surface area contributed by atoms with Crippen LogP contribution < -0.4 is 4.74 Å². The molecule has 0 aliphatic rings. The fourth-order valence-electron chi connectivity index (χ4n) is 2.39. The predicted molar refractivity (Wildman–Crippen MR) is 83.4 cm³/mol. The Kier molecular flexibility index (Phi) is 4.58. The van der Waals surface area contributed by atoms with E-state index in [4.69, 9.17) is 9.47 Å². The average Bonchev–Trinajstić information content (AvgIpc) is 2.44. The first-order valence-electron chi connectivity index (χ1n) is 6.86. The third kappa shape index (κ3) is 3.21. The van der Waals surface area contributed by atoms with Crippen molar-refractivity contribution in [2.24, 2.45) is 0 Å². The Labute approximate surface area is 124 Å². The summed E-state index contributed by atoms with van der Waals surface area (Å²) in [5.74, 6) is 0.339. The van der Waals surface area contributed by atoms with Gasteiger partial charge >= 0.3 is 5.97 Å². The van der Waals surface area contributed by atoms with Crippen LogP contribution in [0.25, 0.3) is 17.0 Å². The van der Waals surface area contributed by atoms with Crippen LogP contribution in [0.2, 0.25) is 0 Å². The fraction of sp³-hybridized carbons (Fsp3) is 0.294. The van der Waals surface area contributed by atoms with Crippen molar-refractivity contribution in [1.29, 1.82) is 0 Å². The van der Waals surface area contributed by atoms with Crippen molar-refractivity contribution < 1.29 is 14.3 Å². The highest BCUT2D eigenvalue weighted by atomic mass is 16.5. The van der Waals surface area contributed by atoms with Crippen molar-refractivity contribution in [2.45, 2.75) is 20.8 Å². The summed E-state index contributed by atoms with van der Waals surface area (Å²) in [7, 11) is 1.61. The lowest BCUT2D eigenvalue weighted by atomic mass is 10.0. The van der Waals surface area contributed by atoms with Crippen molar-refractivity contribution >= 4 is 22.9 Å². The average molecular weight is 285 g/mol. The predicted octanol–water partition coefficient (Wildman–Crippen LogP) is 3.44. The van der Waals surface area contributed by atoms with E-state index < -0.39 is 0 Å². The van der Waals surface area contributed by atoms with Crippen molar-refractivity contribution in [3.05, 3.63) is 41.1 Å². The normalized spacial score (nSPS) is 11.0. The molecule has 1 heterocycles. The minimum Gasteiger partial charge on any atom is -0.496 e. The quantitative estimate of drug-likeness (QED) is 0.638. The van der Waals surface area contributed by atoms with E-state index in [0.29, 0.717) is 12.4 Å². The second-order valence-electron chi connectivity index (χ2n) is 4.74. The van der Waals surface area contributed by atoms with E-state index in [1.165, 1.54) is 6.08 Å². The van der Waals surface area contributed by atoms with E-state index >= 15 is 0 Å². The lowest BCUT2D eigenvalue weighted by Crippen LogP contribution is -1.99. The van der Waals surface area contributed by atoms with Crippen LogP contribution in [0.1, 0.15) is 23.7 Å². The monoisotopic (exact) mass is 285 g/mol. The summed E-state index contributed by atoms with van der Waals surface area (Å²) in [5.41, 5.74) is 3.79. The van der Waals surface area contributed by atoms with Gasteiger partial charge in [0.25, 0.3) is 0 Å². The van der Waals surface area contributed by atoms with E-state index in [1.54, 1.807) is 20.1 Å². The Bertz CT molecular complexity index is 705. The highest BCUT2D eigenvalue weighted by molar-refractivity contribution is 5.97. The molecule has 0 saturated heterocycles. The molecule has 0 unspecified atom stereocenters. The third-order valence-corrected chi connectivity index (χ3v) is 3.19. The van der Waals surface area contributed by atoms with Gasteiger partial charge in [-0.2, -0.15) is 0 Å². The molecule has 2 rings (SSSR count). The van der Waals surface area contributed by atoms with Crippen molar-refractivity contribution in [3.63, 3.8) is 0 Å². The maximum Gasteiger partial charge on any atom is 0.330 e. The van der Waals surface area contributed by atoms with E-state index in [2.05, 4.69) is 4.98 Å². The smallest absolute Gasteiger partial charge is 0.330 e. The first-order chi connectivity index (χ1) is 10.1. The summed E-state index contributed by atoms with van der Waals surface area (Å²) in [6.07, 6.45) is 3.14. The molecule has 2 aromatic rings. The fourth-order valence-corrected chi connectivity index (χ4v) is 2.39. The number of aromatic nitrogens is 1. The number of aryl methyl sites for hydroxylation is 2. The van der Waals surface area contributed by atoms with Gasteiger partial charge in [-0.05, 0) is 50.6 Å². The Balaban J connectivity index is 2.61. The molecule has 0 atom stereocenters. The van der Waals surface area contributed by atoms with Crippen LogP contribution in [-0.2, 0) is 9.53 Å². The molecule has 0 fully saturated rings. The van der Waals surface area contributed by atoms with Gasteiger partial charge in [0.2, 0.25) is 0 Å². The molecule has 4 nitrogen and oxygen atoms in total. The molecular weight excluding hydrogens is 266 g/mol. The number of pyridine rings is 1. The van der Waals surface area contributed by atoms with E-state index in [1.807, 2.05) is 32.0 Å². The van der Waals surface area contributed by atoms with Gasteiger partial charge in [-0.3, -0.25) is 4.98 Å². The van der Waals surface area contributed by atoms with Gasteiger partial charge in [-0.15, -0.1) is 0 Å². The zero-order chi connectivity index (χ0) is 15.4. The molecule has 0 aliphatic carbocycles. The van der Waals surface area contributed by atoms with Gasteiger partial charge < -0.3 is 9.47 Å². The van der Waals surface area contributed by atoms with Crippen molar-refractivity contribution in [3.8, 4) is 5.75 Å². The van der Waals surface area contributed by atoms with Crippen molar-refractivity contribution in [1.82, 2.24) is 4.98 Å². The molecular formula is C17H19NO3. The topological polar surface area (TPSA) is 48.4 Å². The minimum absolute atomic E-state index is 0.357. The number of esters is 1. The summed E-state index contributed by atoms with van der Waals surface area (Å²) in [6, 6.07) is 5.80. The number of benzene rings is 1. The Morgan fingerprint density at radius 2 is 2.10 bits per heavy atom. The summed E-state index contributed by atoms with van der Waals surface area (Å²) >= 11 is 0. The van der Waals surface area contributed by atoms with Crippen LogP contribution in [0.15, 0.2) is 24.3 Å². The zero-order valence-electron chi connectivity index (χ0n) is 12.8. The highest BCUT2D eigenvalue weighted by Gasteiger charge is 2.10. The number of carbonyl (C=O) groups is 1. The number of carbonyl (C=O) groups excluding carboxylic acids is 1. The molecule has 4 heteroatoms. The number of hydrogen-bond acceptors (Lipinski definition) is 4. The summed E-state index contributed by atoms with van der Waals surface area (Å²) in [5, 5.41) is 0.987. The largest absolute Gasteiger partial charge is 0.496 e. The van der Waals surface area contributed by atoms with Gasteiger partial charge in [0, 0.05) is 22.7 Å². The number of ether oxygens (including phenoxy) is 2. The van der Waals surface area contributed by atoms with E-state index in [-0.39, 0.29) is 5.97 Å². The summed E-state index contributed by atoms with van der Waals surface area (Å²) in [6.45, 7) is 6.12. The molecule has 110 valence electrons. The second kappa shape index (κ2) is 6.39. The Morgan fingerprint density at radius 3 is 2.76 bits per heavy atom. The standard InChI is InChI=1S/C17H19NO3/c1-5-21-16(19)9-6-13-15(20-4)8-7-14-17(13)11(2)10-12(3)18-14/h6-10H,5H2,1-4H3/b9-6+. The third-order valence-electron chi connectivity index (χ3n) is 3.19. The Hall–Kier alpha value is -2.36. The Morgan fingerprint density at radius 1 is 1.33 bits per heavy atom. The number of methoxy groups -OCH3 is 1. The van der Waals surface area contributed by atoms with Crippen LogP contribution in [0.3, 0.4) is 0 Å². The molecule has 0 bridgehead atoms. The van der Waals surface area contributed by atoms with Gasteiger partial charge in [-0.25, -0.2) is 4.79 Å². The minimum atomic E-state index is -0.366. The summed E-state index contributed by atoms with van der Waals surface area (Å²) in [4.78, 5) is 16.1. The molecule has 1 aromatic carbocycles. The number of hydrogen-bond donors (Lipinski definition) is 0. The molecule has 0 amide bonds. The van der Waals surface area contributed by atoms with Crippen LogP contribution in [-0.4, -0.2) is 24.7 Å². The SMILES string of the molecule is CCOC(=O)/C=C/c1c(OC)ccc2nc(C)cc(C)c12. The van der Waals surface area contributed by atoms with Crippen LogP contribution in [0.5, 0.6) is 5.75 Å². The van der Waals surface area contributed by atoms with E-state index in [9.17, 15) is 4.79 Å². The molecule has 21 heavy (non-hydrogen) atoms. The number of nitrogens with zero attached hydrogens (tertiary/aromatic N) is 1. The van der Waals surface area contributed by atoms with Crippen LogP contribution in [0, 0.1) is 13.8 Å². The number of rotatable bonds is 4. The van der Waals surface area contributed by atoms with Gasteiger partial charge in [0.15, 0.2) is 0 Å². The number of fused-ring (bicyclic) bond motifs is 1. The molecule has 0 aliphatic heterocycles. The van der Waals surface area contributed by atoms with Gasteiger partial charge in [0.1, 0.15) is 5.75 Å². The first kappa shape index (κ1) is 15.0. The van der Waals surface area contributed by atoms with Crippen LogP contribution >= 0.6 is 0 Å². The molecule has 0 saturated carbocycles. The molecule has 0 N–H and O–H groups in total.